The number of unbranched alkanes of at least 4 members (excludes halogenated alkanes) is 2. The Bertz CT molecular complexity index is 963. The van der Waals surface area contributed by atoms with Crippen molar-refractivity contribution in [3.05, 3.63) is 126 Å². The molecule has 4 rings (SSSR count). The van der Waals surface area contributed by atoms with Crippen molar-refractivity contribution in [3.63, 3.8) is 0 Å². The summed E-state index contributed by atoms with van der Waals surface area (Å²) in [5, 5.41) is 7.94. The van der Waals surface area contributed by atoms with Gasteiger partial charge < -0.3 is 0 Å². The molecule has 0 heterocycles. The summed E-state index contributed by atoms with van der Waals surface area (Å²) in [5.74, 6) is 0. The minimum atomic E-state index is -2.20. The normalized spacial score (nSPS) is 11.8. The number of hydrogen-bond donors (Lipinski definition) is 0. The Kier molecular flexibility index (Phi) is 10.0. The van der Waals surface area contributed by atoms with E-state index in [0.717, 1.165) is 0 Å². The zero-order chi connectivity index (χ0) is 23.9. The van der Waals surface area contributed by atoms with Crippen molar-refractivity contribution in [3.8, 4) is 0 Å². The Hall–Kier alpha value is -2.09. The van der Waals surface area contributed by atoms with E-state index < -0.39 is 16.1 Å². The van der Waals surface area contributed by atoms with Gasteiger partial charge in [-0.2, -0.15) is 6.42 Å². The first-order valence-corrected chi connectivity index (χ1v) is 17.7. The molecule has 0 radical (unpaired) electrons. The van der Waals surface area contributed by atoms with E-state index in [2.05, 4.69) is 141 Å². The second-order valence-electron chi connectivity index (χ2n) is 9.65. The van der Waals surface area contributed by atoms with Crippen LogP contribution >= 0.6 is 0 Å². The average Bonchev–Trinajstić information content (AvgIpc) is 2.92. The Balaban J connectivity index is 0.00000342. The van der Waals surface area contributed by atoms with Crippen LogP contribution in [-0.4, -0.2) is 16.1 Å². The summed E-state index contributed by atoms with van der Waals surface area (Å²) in [7, 11) is -4.41. The summed E-state index contributed by atoms with van der Waals surface area (Å²) in [6, 6.07) is 45.6. The van der Waals surface area contributed by atoms with Gasteiger partial charge in [0.2, 0.25) is 0 Å². The van der Waals surface area contributed by atoms with Crippen molar-refractivity contribution in [2.75, 3.05) is 0 Å². The fourth-order valence-corrected chi connectivity index (χ4v) is 18.3. The average molecular weight is 485 g/mol. The van der Waals surface area contributed by atoms with Crippen molar-refractivity contribution in [1.29, 1.82) is 0 Å². The summed E-state index contributed by atoms with van der Waals surface area (Å²) < 4.78 is 0. The summed E-state index contributed by atoms with van der Waals surface area (Å²) in [5.41, 5.74) is 0. The third-order valence-electron chi connectivity index (χ3n) is 7.64. The van der Waals surface area contributed by atoms with Crippen molar-refractivity contribution in [2.24, 2.45) is 0 Å². The van der Waals surface area contributed by atoms with Gasteiger partial charge >= 0.3 is 18.9 Å². The molecule has 0 unspecified atom stereocenters. The third-order valence-corrected chi connectivity index (χ3v) is 19.5. The van der Waals surface area contributed by atoms with Crippen molar-refractivity contribution < 1.29 is 18.9 Å². The van der Waals surface area contributed by atoms with Crippen LogP contribution in [0.1, 0.15) is 32.6 Å². The molecule has 0 atom stereocenters. The van der Waals surface area contributed by atoms with Gasteiger partial charge in [0.05, 0.1) is 0 Å². The fraction of sp³-hybridized carbons (Fsp3) is 0.219. The molecule has 0 aliphatic carbocycles. The molecule has 0 amide bonds. The van der Waals surface area contributed by atoms with Gasteiger partial charge in [-0.3, -0.25) is 5.16 Å². The van der Waals surface area contributed by atoms with Crippen molar-refractivity contribution >= 4 is 36.9 Å². The van der Waals surface area contributed by atoms with Crippen LogP contribution in [0, 0.1) is 5.16 Å². The summed E-state index contributed by atoms with van der Waals surface area (Å²) >= 11 is 0. The van der Waals surface area contributed by atoms with Crippen LogP contribution in [0.25, 0.3) is 0 Å². The summed E-state index contributed by atoms with van der Waals surface area (Å²) in [6.45, 7) is 7.56. The molecule has 0 aromatic heterocycles. The minimum absolute atomic E-state index is 0. The molecule has 0 aliphatic rings. The maximum Gasteiger partial charge on any atom is 1.00 e. The van der Waals surface area contributed by atoms with Gasteiger partial charge in [-0.25, -0.2) is 0 Å². The first kappa shape index (κ1) is 27.5. The van der Waals surface area contributed by atoms with Gasteiger partial charge in [0.25, 0.3) is 0 Å². The van der Waals surface area contributed by atoms with Crippen LogP contribution in [0.5, 0.6) is 0 Å². The fourth-order valence-electron chi connectivity index (χ4n) is 5.67. The molecule has 0 saturated carbocycles. The topological polar surface area (TPSA) is 0 Å². The zero-order valence-electron chi connectivity index (χ0n) is 21.9. The largest absolute Gasteiger partial charge is 1.00 e. The SMILES string of the molecule is CCCCC[C-]([Si](C)(c1ccccc1)c1ccccc1)[Si](C)(c1ccccc1)c1ccccc1.[Li+]. The molecule has 0 N–H and O–H groups in total. The van der Waals surface area contributed by atoms with Crippen LogP contribution in [0.2, 0.25) is 13.1 Å². The van der Waals surface area contributed by atoms with Gasteiger partial charge in [0, 0.05) is 0 Å². The zero-order valence-corrected chi connectivity index (χ0v) is 23.9. The van der Waals surface area contributed by atoms with E-state index in [0.29, 0.717) is 0 Å². The molecule has 4 aromatic rings. The Morgan fingerprint density at radius 3 is 1.03 bits per heavy atom. The number of hydrogen-bond acceptors (Lipinski definition) is 0. The smallest absolute Gasteiger partial charge is 0.294 e. The first-order valence-electron chi connectivity index (χ1n) is 12.7. The van der Waals surface area contributed by atoms with E-state index in [9.17, 15) is 0 Å². The molecule has 0 fully saturated rings. The molecular weight excluding hydrogens is 447 g/mol. The Morgan fingerprint density at radius 2 is 0.771 bits per heavy atom. The molecule has 0 spiro atoms. The molecule has 4 aromatic carbocycles. The first-order chi connectivity index (χ1) is 16.6. The van der Waals surface area contributed by atoms with Crippen LogP contribution in [0.15, 0.2) is 121 Å². The van der Waals surface area contributed by atoms with E-state index in [1.54, 1.807) is 0 Å². The molecule has 174 valence electrons. The van der Waals surface area contributed by atoms with Crippen LogP contribution < -0.4 is 39.6 Å². The van der Waals surface area contributed by atoms with Crippen LogP contribution in [0.3, 0.4) is 0 Å². The standard InChI is InChI=1S/C32H37Si2.Li/c1-4-5-10-27-32(33(2,28-19-11-6-12-20-28)29-21-13-7-14-22-29)34(3,30-23-15-8-16-24-30)31-25-17-9-18-26-31;/h6-9,11-26H,4-5,10,27H2,1-3H3;/q-1;+1. The minimum Gasteiger partial charge on any atom is -0.294 e. The molecule has 0 saturated heterocycles. The van der Waals surface area contributed by atoms with Gasteiger partial charge in [-0.15, -0.1) is 0 Å². The molecule has 35 heavy (non-hydrogen) atoms. The molecular formula is C32H37LiSi2. The van der Waals surface area contributed by atoms with E-state index in [1.165, 1.54) is 46.4 Å². The second-order valence-corrected chi connectivity index (χ2v) is 18.2. The Labute approximate surface area is 227 Å². The second kappa shape index (κ2) is 12.7. The molecule has 0 nitrogen and oxygen atoms in total. The van der Waals surface area contributed by atoms with Gasteiger partial charge in [-0.05, 0) is 16.1 Å². The third kappa shape index (κ3) is 5.68. The maximum atomic E-state index is 2.62. The number of rotatable bonds is 10. The summed E-state index contributed by atoms with van der Waals surface area (Å²) in [6.07, 6.45) is 4.99. The quantitative estimate of drug-likeness (QED) is 0.184. The Morgan fingerprint density at radius 1 is 0.486 bits per heavy atom. The summed E-state index contributed by atoms with van der Waals surface area (Å²) in [4.78, 5) is 0. The van der Waals surface area contributed by atoms with Crippen molar-refractivity contribution in [1.82, 2.24) is 0 Å². The van der Waals surface area contributed by atoms with Gasteiger partial charge in [-0.1, -0.05) is 181 Å². The molecule has 0 aliphatic heterocycles. The van der Waals surface area contributed by atoms with E-state index in [4.69, 9.17) is 0 Å². The van der Waals surface area contributed by atoms with Crippen LogP contribution in [0.4, 0.5) is 0 Å². The van der Waals surface area contributed by atoms with Crippen LogP contribution in [-0.2, 0) is 0 Å². The molecule has 3 heteroatoms. The van der Waals surface area contributed by atoms with E-state index in [-0.39, 0.29) is 18.9 Å². The predicted molar refractivity (Wildman–Crippen MR) is 155 cm³/mol. The van der Waals surface area contributed by atoms with Gasteiger partial charge in [0.1, 0.15) is 0 Å². The number of benzene rings is 4. The maximum absolute atomic E-state index is 2.62. The predicted octanol–water partition coefficient (Wildman–Crippen LogP) is 3.01. The van der Waals surface area contributed by atoms with Gasteiger partial charge in [0.15, 0.2) is 0 Å². The van der Waals surface area contributed by atoms with Crippen molar-refractivity contribution in [2.45, 2.75) is 45.7 Å². The van der Waals surface area contributed by atoms with E-state index in [1.807, 2.05) is 5.16 Å². The monoisotopic (exact) mass is 484 g/mol. The van der Waals surface area contributed by atoms with E-state index >= 15 is 0 Å². The molecule has 0 bridgehead atoms.